The van der Waals surface area contributed by atoms with Gasteiger partial charge in [-0.05, 0) is 99.2 Å². The first-order valence-corrected chi connectivity index (χ1v) is 18.3. The summed E-state index contributed by atoms with van der Waals surface area (Å²) in [5.41, 5.74) is 3.00. The third-order valence-corrected chi connectivity index (χ3v) is 10.2. The fourth-order valence-corrected chi connectivity index (χ4v) is 7.01. The molecule has 1 N–H and O–H groups in total. The van der Waals surface area contributed by atoms with Crippen molar-refractivity contribution in [2.24, 2.45) is 0 Å². The number of hydrogen-bond donors (Lipinski definition) is 1. The van der Waals surface area contributed by atoms with Crippen LogP contribution in [-0.2, 0) is 32.6 Å². The highest BCUT2D eigenvalue weighted by Gasteiger charge is 2.35. The first kappa shape index (κ1) is 35.6. The fourth-order valence-electron chi connectivity index (χ4n) is 5.18. The third kappa shape index (κ3) is 9.39. The van der Waals surface area contributed by atoms with E-state index >= 15 is 0 Å². The predicted molar refractivity (Wildman–Crippen MR) is 189 cm³/mol. The van der Waals surface area contributed by atoms with E-state index in [1.807, 2.05) is 88.5 Å². The fraction of sp³-hybridized carbons (Fsp3) is 0.297. The average molecular weight is 674 g/mol. The molecule has 0 unspecified atom stereocenters. The highest BCUT2D eigenvalue weighted by Crippen LogP contribution is 2.28. The Hall–Kier alpha value is -4.28. The number of carbonyl (C=O) groups is 2. The smallest absolute Gasteiger partial charge is 0.264 e. The van der Waals surface area contributed by atoms with Gasteiger partial charge in [0.15, 0.2) is 0 Å². The maximum atomic E-state index is 14.6. The number of carbonyl (C=O) groups excluding carboxylic acids is 2. The molecule has 4 aromatic carbocycles. The Kier molecular flexibility index (Phi) is 12.5. The number of anilines is 1. The first-order chi connectivity index (χ1) is 22.5. The van der Waals surface area contributed by atoms with Gasteiger partial charge >= 0.3 is 0 Å². The molecule has 0 aliphatic rings. The van der Waals surface area contributed by atoms with Crippen LogP contribution < -0.4 is 14.4 Å². The minimum absolute atomic E-state index is 0.0563. The molecule has 4 aromatic rings. The molecule has 0 bridgehead atoms. The van der Waals surface area contributed by atoms with Crippen molar-refractivity contribution in [1.82, 2.24) is 10.2 Å². The van der Waals surface area contributed by atoms with Gasteiger partial charge in [0, 0.05) is 23.9 Å². The summed E-state index contributed by atoms with van der Waals surface area (Å²) in [7, 11) is -4.20. The minimum atomic E-state index is -4.20. The molecule has 1 atom stereocenters. The number of nitrogens with one attached hydrogen (secondary N) is 1. The zero-order chi connectivity index (χ0) is 34.0. The van der Waals surface area contributed by atoms with Gasteiger partial charge in [-0.3, -0.25) is 13.9 Å². The lowest BCUT2D eigenvalue weighted by Gasteiger charge is -2.34. The highest BCUT2D eigenvalue weighted by atomic mass is 32.2. The molecule has 2 amide bonds. The van der Waals surface area contributed by atoms with Gasteiger partial charge in [-0.2, -0.15) is 0 Å². The Balaban J connectivity index is 1.81. The standard InChI is InChI=1S/C37H43N3O5S2/c1-6-45-32-18-16-31(17-19-32)40(47(43,44)34-22-20-33(46-5)21-23-34)26-36(41)39(25-30-15-11-10-12-28(30)4)35(37(42)38-27(2)3)24-29-13-8-7-9-14-29/h7-23,27,35H,6,24-26H2,1-5H3,(H,38,42)/t35-/m1/s1. The Bertz CT molecular complexity index is 1730. The Morgan fingerprint density at radius 3 is 2.11 bits per heavy atom. The average Bonchev–Trinajstić information content (AvgIpc) is 3.06. The molecule has 0 aliphatic carbocycles. The van der Waals surface area contributed by atoms with Crippen molar-refractivity contribution in [3.8, 4) is 5.75 Å². The largest absolute Gasteiger partial charge is 0.494 e. The van der Waals surface area contributed by atoms with Crippen LogP contribution in [0.3, 0.4) is 0 Å². The number of benzene rings is 4. The summed E-state index contributed by atoms with van der Waals surface area (Å²) in [4.78, 5) is 31.0. The SMILES string of the molecule is CCOc1ccc(N(CC(=O)N(Cc2ccccc2C)[C@H](Cc2ccccc2)C(=O)NC(C)C)S(=O)(=O)c2ccc(SC)cc2)cc1. The van der Waals surface area contributed by atoms with Gasteiger partial charge in [-0.15, -0.1) is 11.8 Å². The van der Waals surface area contributed by atoms with Crippen LogP contribution >= 0.6 is 11.8 Å². The van der Waals surface area contributed by atoms with Crippen molar-refractivity contribution in [1.29, 1.82) is 0 Å². The van der Waals surface area contributed by atoms with Gasteiger partial charge < -0.3 is 15.0 Å². The number of thioether (sulfide) groups is 1. The molecule has 4 rings (SSSR count). The monoisotopic (exact) mass is 673 g/mol. The lowest BCUT2D eigenvalue weighted by Crippen LogP contribution is -2.54. The van der Waals surface area contributed by atoms with Crippen molar-refractivity contribution in [2.45, 2.75) is 62.5 Å². The lowest BCUT2D eigenvalue weighted by molar-refractivity contribution is -0.140. The van der Waals surface area contributed by atoms with E-state index in [0.29, 0.717) is 18.0 Å². The maximum Gasteiger partial charge on any atom is 0.264 e. The topological polar surface area (TPSA) is 96.0 Å². The van der Waals surface area contributed by atoms with E-state index in [-0.39, 0.29) is 29.8 Å². The van der Waals surface area contributed by atoms with Crippen molar-refractivity contribution in [2.75, 3.05) is 23.7 Å². The van der Waals surface area contributed by atoms with Gasteiger partial charge in [-0.1, -0.05) is 54.6 Å². The summed E-state index contributed by atoms with van der Waals surface area (Å²) >= 11 is 1.51. The molecule has 0 saturated heterocycles. The molecular formula is C37H43N3O5S2. The molecule has 0 radical (unpaired) electrons. The zero-order valence-electron chi connectivity index (χ0n) is 27.6. The third-order valence-electron chi connectivity index (χ3n) is 7.67. The van der Waals surface area contributed by atoms with Crippen molar-refractivity contribution in [3.63, 3.8) is 0 Å². The number of nitrogens with zero attached hydrogens (tertiary/aromatic N) is 2. The van der Waals surface area contributed by atoms with Crippen molar-refractivity contribution >= 4 is 39.3 Å². The molecule has 47 heavy (non-hydrogen) atoms. The molecule has 0 spiro atoms. The molecule has 0 aromatic heterocycles. The summed E-state index contributed by atoms with van der Waals surface area (Å²) in [5.74, 6) is -0.237. The molecule has 10 heteroatoms. The van der Waals surface area contributed by atoms with E-state index < -0.39 is 28.5 Å². The van der Waals surface area contributed by atoms with Crippen LogP contribution in [-0.4, -0.2) is 56.6 Å². The second kappa shape index (κ2) is 16.5. The van der Waals surface area contributed by atoms with Crippen LogP contribution in [0.1, 0.15) is 37.5 Å². The molecule has 8 nitrogen and oxygen atoms in total. The van der Waals surface area contributed by atoms with Crippen LogP contribution in [0.5, 0.6) is 5.75 Å². The van der Waals surface area contributed by atoms with Crippen LogP contribution in [0.15, 0.2) is 113 Å². The van der Waals surface area contributed by atoms with E-state index in [1.54, 1.807) is 48.5 Å². The number of amides is 2. The molecule has 248 valence electrons. The van der Waals surface area contributed by atoms with Crippen LogP contribution in [0, 0.1) is 6.92 Å². The van der Waals surface area contributed by atoms with Gasteiger partial charge in [0.2, 0.25) is 11.8 Å². The zero-order valence-corrected chi connectivity index (χ0v) is 29.2. The first-order valence-electron chi connectivity index (χ1n) is 15.6. The normalized spacial score (nSPS) is 12.0. The second-order valence-corrected chi connectivity index (χ2v) is 14.2. The van der Waals surface area contributed by atoms with Gasteiger partial charge in [0.25, 0.3) is 10.0 Å². The summed E-state index contributed by atoms with van der Waals surface area (Å²) in [5, 5.41) is 2.99. The Labute approximate surface area is 283 Å². The summed E-state index contributed by atoms with van der Waals surface area (Å²) in [6, 6.07) is 29.3. The van der Waals surface area contributed by atoms with E-state index in [1.165, 1.54) is 16.7 Å². The lowest BCUT2D eigenvalue weighted by atomic mass is 10.0. The van der Waals surface area contributed by atoms with Gasteiger partial charge in [-0.25, -0.2) is 8.42 Å². The number of rotatable bonds is 15. The van der Waals surface area contributed by atoms with Crippen molar-refractivity contribution in [3.05, 3.63) is 120 Å². The molecule has 0 fully saturated rings. The Morgan fingerprint density at radius 1 is 0.872 bits per heavy atom. The number of sulfonamides is 1. The van der Waals surface area contributed by atoms with E-state index in [9.17, 15) is 18.0 Å². The number of aryl methyl sites for hydroxylation is 1. The predicted octanol–water partition coefficient (Wildman–Crippen LogP) is 6.48. The minimum Gasteiger partial charge on any atom is -0.494 e. The molecule has 0 aliphatic heterocycles. The highest BCUT2D eigenvalue weighted by molar-refractivity contribution is 7.98. The van der Waals surface area contributed by atoms with Gasteiger partial charge in [0.1, 0.15) is 18.3 Å². The summed E-state index contributed by atoms with van der Waals surface area (Å²) in [6.45, 7) is 7.61. The number of hydrogen-bond acceptors (Lipinski definition) is 6. The molecule has 0 saturated carbocycles. The van der Waals surface area contributed by atoms with E-state index in [4.69, 9.17) is 4.74 Å². The van der Waals surface area contributed by atoms with Crippen molar-refractivity contribution < 1.29 is 22.7 Å². The molecule has 0 heterocycles. The van der Waals surface area contributed by atoms with Crippen LogP contribution in [0.2, 0.25) is 0 Å². The van der Waals surface area contributed by atoms with E-state index in [2.05, 4.69) is 5.32 Å². The number of ether oxygens (including phenoxy) is 1. The van der Waals surface area contributed by atoms with Crippen LogP contribution in [0.4, 0.5) is 5.69 Å². The quantitative estimate of drug-likeness (QED) is 0.145. The van der Waals surface area contributed by atoms with Gasteiger partial charge in [0.05, 0.1) is 17.2 Å². The summed E-state index contributed by atoms with van der Waals surface area (Å²) < 4.78 is 35.3. The van der Waals surface area contributed by atoms with E-state index in [0.717, 1.165) is 25.9 Å². The maximum absolute atomic E-state index is 14.6. The van der Waals surface area contributed by atoms with Crippen LogP contribution in [0.25, 0.3) is 0 Å². The Morgan fingerprint density at radius 2 is 1.51 bits per heavy atom. The summed E-state index contributed by atoms with van der Waals surface area (Å²) in [6.07, 6.45) is 2.17. The molecular weight excluding hydrogens is 631 g/mol. The second-order valence-electron chi connectivity index (χ2n) is 11.4.